The maximum atomic E-state index is 11.5. The molecule has 0 aromatic carbocycles. The molecule has 0 aliphatic rings. The van der Waals surface area contributed by atoms with Gasteiger partial charge in [-0.15, -0.1) is 0 Å². The average Bonchev–Trinajstić information content (AvgIpc) is 2.28. The van der Waals surface area contributed by atoms with Crippen LogP contribution in [0.2, 0.25) is 0 Å². The predicted octanol–water partition coefficient (Wildman–Crippen LogP) is -0.0667. The molecule has 0 aliphatic heterocycles. The Morgan fingerprint density at radius 1 is 1.47 bits per heavy atom. The highest BCUT2D eigenvalue weighted by molar-refractivity contribution is 5.80. The Kier molecular flexibility index (Phi) is 3.97. The third-order valence-corrected chi connectivity index (χ3v) is 2.26. The molecule has 1 rings (SSSR count). The summed E-state index contributed by atoms with van der Waals surface area (Å²) in [5.74, 6) is 0.187. The second-order valence-electron chi connectivity index (χ2n) is 3.81. The molecule has 0 bridgehead atoms. The molecule has 0 saturated heterocycles. The van der Waals surface area contributed by atoms with E-state index in [9.17, 15) is 14.9 Å². The molecule has 0 unspecified atom stereocenters. The first-order chi connectivity index (χ1) is 7.93. The van der Waals surface area contributed by atoms with Gasteiger partial charge in [-0.1, -0.05) is 0 Å². The van der Waals surface area contributed by atoms with E-state index in [0.717, 1.165) is 0 Å². The number of amides is 1. The van der Waals surface area contributed by atoms with Gasteiger partial charge in [0.05, 0.1) is 18.2 Å². The van der Waals surface area contributed by atoms with Crippen LogP contribution < -0.4 is 9.88 Å². The number of hydrogen-bond acceptors (Lipinski definition) is 4. The van der Waals surface area contributed by atoms with E-state index in [1.807, 2.05) is 0 Å². The van der Waals surface area contributed by atoms with E-state index < -0.39 is 4.92 Å². The fourth-order valence-corrected chi connectivity index (χ4v) is 1.30. The van der Waals surface area contributed by atoms with Gasteiger partial charge in [-0.25, -0.2) is 9.88 Å². The number of nitrogens with one attached hydrogen (secondary N) is 1. The van der Waals surface area contributed by atoms with Crippen molar-refractivity contribution in [3.8, 4) is 0 Å². The number of likely N-dealkylation sites (N-methyl/N-ethyl adjacent to an activating group) is 2. The lowest BCUT2D eigenvalue weighted by atomic mass is 10.3. The lowest BCUT2D eigenvalue weighted by molar-refractivity contribution is -0.411. The number of carbonyl (C=O) groups excluding carboxylic acids is 1. The normalized spacial score (nSPS) is 9.82. The van der Waals surface area contributed by atoms with Gasteiger partial charge in [0.2, 0.25) is 0 Å². The van der Waals surface area contributed by atoms with Crippen molar-refractivity contribution in [1.29, 1.82) is 0 Å². The van der Waals surface area contributed by atoms with Gasteiger partial charge >= 0.3 is 11.5 Å². The topological polar surface area (TPSA) is 80.8 Å². The van der Waals surface area contributed by atoms with Gasteiger partial charge in [0.15, 0.2) is 6.54 Å². The smallest absolute Gasteiger partial charge is 0.345 e. The van der Waals surface area contributed by atoms with Gasteiger partial charge in [-0.05, 0) is 6.07 Å². The van der Waals surface area contributed by atoms with Crippen LogP contribution in [0.4, 0.5) is 11.5 Å². The van der Waals surface area contributed by atoms with E-state index in [1.54, 1.807) is 33.4 Å². The Labute approximate surface area is 98.8 Å². The number of nitro groups is 1. The Bertz CT molecular complexity index is 433. The highest BCUT2D eigenvalue weighted by atomic mass is 16.6. The highest BCUT2D eigenvalue weighted by Crippen LogP contribution is 2.20. The molecule has 1 aromatic heterocycles. The van der Waals surface area contributed by atoms with Crippen LogP contribution in [0.25, 0.3) is 0 Å². The number of rotatable bonds is 4. The summed E-state index contributed by atoms with van der Waals surface area (Å²) in [5.41, 5.74) is -0.0541. The van der Waals surface area contributed by atoms with Gasteiger partial charge < -0.3 is 4.90 Å². The third-order valence-electron chi connectivity index (χ3n) is 2.26. The molecule has 92 valence electrons. The molecule has 0 aliphatic carbocycles. The maximum Gasteiger partial charge on any atom is 0.357 e. The molecule has 0 atom stereocenters. The van der Waals surface area contributed by atoms with Crippen molar-refractivity contribution >= 4 is 17.4 Å². The van der Waals surface area contributed by atoms with E-state index in [0.29, 0.717) is 5.82 Å². The quantitative estimate of drug-likeness (QED) is 0.544. The summed E-state index contributed by atoms with van der Waals surface area (Å²) in [6.07, 6.45) is 1.58. The van der Waals surface area contributed by atoms with Crippen LogP contribution in [0.5, 0.6) is 0 Å². The molecule has 7 heteroatoms. The fraction of sp³-hybridized carbons (Fsp3) is 0.400. The van der Waals surface area contributed by atoms with Crippen molar-refractivity contribution in [1.82, 2.24) is 4.90 Å². The lowest BCUT2D eigenvalue weighted by Crippen LogP contribution is -2.37. The van der Waals surface area contributed by atoms with E-state index in [-0.39, 0.29) is 18.1 Å². The molecule has 1 heterocycles. The first kappa shape index (κ1) is 12.9. The van der Waals surface area contributed by atoms with E-state index >= 15 is 0 Å². The van der Waals surface area contributed by atoms with Gasteiger partial charge in [-0.2, -0.15) is 0 Å². The number of H-pyrrole nitrogens is 1. The van der Waals surface area contributed by atoms with Gasteiger partial charge in [0.25, 0.3) is 5.91 Å². The average molecular weight is 239 g/mol. The number of hydrogen-bond donors (Lipinski definition) is 0. The number of anilines is 1. The highest BCUT2D eigenvalue weighted by Gasteiger charge is 2.26. The number of nitrogens with zero attached hydrogens (tertiary/aromatic N) is 3. The minimum absolute atomic E-state index is 0.0541. The molecule has 0 radical (unpaired) electrons. The second-order valence-corrected chi connectivity index (χ2v) is 3.81. The summed E-state index contributed by atoms with van der Waals surface area (Å²) < 4.78 is 0. The predicted molar refractivity (Wildman–Crippen MR) is 61.6 cm³/mol. The van der Waals surface area contributed by atoms with Crippen LogP contribution >= 0.6 is 0 Å². The zero-order chi connectivity index (χ0) is 13.0. The van der Waals surface area contributed by atoms with E-state index in [4.69, 9.17) is 0 Å². The van der Waals surface area contributed by atoms with Crippen LogP contribution in [0.1, 0.15) is 0 Å². The first-order valence-corrected chi connectivity index (χ1v) is 5.00. The molecule has 1 N–H and O–H groups in total. The third kappa shape index (κ3) is 3.13. The molecule has 0 fully saturated rings. The number of pyridine rings is 1. The standard InChI is InChI=1S/C10H14N4O3/c1-12(2)9(15)7-13(3)10-8(14(16)17)5-4-6-11-10/h4-6H,7H2,1-3H3/p+1. The Balaban J connectivity index is 2.92. The molecule has 1 amide bonds. The van der Waals surface area contributed by atoms with Crippen molar-refractivity contribution in [2.45, 2.75) is 0 Å². The van der Waals surface area contributed by atoms with E-state index in [2.05, 4.69) is 4.98 Å². The summed E-state index contributed by atoms with van der Waals surface area (Å²) in [5, 5.41) is 10.8. The molecule has 1 aromatic rings. The molecular weight excluding hydrogens is 224 g/mol. The van der Waals surface area contributed by atoms with Crippen LogP contribution in [0.15, 0.2) is 18.3 Å². The summed E-state index contributed by atoms with van der Waals surface area (Å²) in [6.45, 7) is 0.0777. The largest absolute Gasteiger partial charge is 0.357 e. The van der Waals surface area contributed by atoms with Crippen molar-refractivity contribution < 1.29 is 14.7 Å². The molecule has 17 heavy (non-hydrogen) atoms. The Morgan fingerprint density at radius 3 is 2.65 bits per heavy atom. The molecular formula is C10H15N4O3+. The Morgan fingerprint density at radius 2 is 2.12 bits per heavy atom. The van der Waals surface area contributed by atoms with Crippen molar-refractivity contribution in [2.75, 3.05) is 32.6 Å². The first-order valence-electron chi connectivity index (χ1n) is 5.00. The van der Waals surface area contributed by atoms with Crippen LogP contribution in [-0.4, -0.2) is 43.4 Å². The summed E-state index contributed by atoms with van der Waals surface area (Å²) >= 11 is 0. The van der Waals surface area contributed by atoms with Crippen LogP contribution in [0, 0.1) is 10.1 Å². The fourth-order valence-electron chi connectivity index (χ4n) is 1.30. The zero-order valence-corrected chi connectivity index (χ0v) is 10.0. The van der Waals surface area contributed by atoms with Crippen LogP contribution in [-0.2, 0) is 4.79 Å². The summed E-state index contributed by atoms with van der Waals surface area (Å²) in [7, 11) is 4.90. The minimum Gasteiger partial charge on any atom is -0.345 e. The molecule has 0 spiro atoms. The summed E-state index contributed by atoms with van der Waals surface area (Å²) in [6, 6.07) is 2.94. The summed E-state index contributed by atoms with van der Waals surface area (Å²) in [4.78, 5) is 27.6. The van der Waals surface area contributed by atoms with Crippen molar-refractivity contribution in [3.05, 3.63) is 28.4 Å². The van der Waals surface area contributed by atoms with Crippen LogP contribution in [0.3, 0.4) is 0 Å². The molecule has 0 saturated carbocycles. The van der Waals surface area contributed by atoms with Crippen molar-refractivity contribution in [2.24, 2.45) is 0 Å². The maximum absolute atomic E-state index is 11.5. The lowest BCUT2D eigenvalue weighted by Gasteiger charge is -2.14. The minimum atomic E-state index is -0.484. The zero-order valence-electron chi connectivity index (χ0n) is 10.0. The van der Waals surface area contributed by atoms with Crippen molar-refractivity contribution in [3.63, 3.8) is 0 Å². The van der Waals surface area contributed by atoms with E-state index in [1.165, 1.54) is 15.9 Å². The second kappa shape index (κ2) is 5.24. The van der Waals surface area contributed by atoms with Gasteiger partial charge in [0, 0.05) is 20.2 Å². The number of carbonyl (C=O) groups is 1. The SMILES string of the molecule is CN(C)C(=O)CN(C)c1[nH+]cccc1[N+](=O)[O-]. The van der Waals surface area contributed by atoms with Gasteiger partial charge in [0.1, 0.15) is 0 Å². The molecule has 7 nitrogen and oxygen atoms in total. The number of aromatic amines is 1. The van der Waals surface area contributed by atoms with Gasteiger partial charge in [-0.3, -0.25) is 14.9 Å². The Hall–Kier alpha value is -2.18. The number of aromatic nitrogens is 1. The monoisotopic (exact) mass is 239 g/mol.